The van der Waals surface area contributed by atoms with Crippen molar-refractivity contribution in [1.82, 2.24) is 14.5 Å². The molecular weight excluding hydrogens is 540 g/mol. The first-order chi connectivity index (χ1) is 19.1. The molecule has 0 N–H and O–H groups in total. The van der Waals surface area contributed by atoms with Crippen molar-refractivity contribution in [3.8, 4) is 0 Å². The van der Waals surface area contributed by atoms with Crippen LogP contribution >= 0.6 is 0 Å². The van der Waals surface area contributed by atoms with E-state index in [1.807, 2.05) is 13.8 Å². The zero-order chi connectivity index (χ0) is 31.0. The molecule has 0 spiro atoms. The first kappa shape index (κ1) is 32.6. The molecule has 2 aromatic rings. The first-order valence-electron chi connectivity index (χ1n) is 12.5. The molecule has 1 amide bonds. The van der Waals surface area contributed by atoms with Crippen LogP contribution in [0.1, 0.15) is 49.3 Å². The summed E-state index contributed by atoms with van der Waals surface area (Å²) >= 11 is 0. The molecule has 3 atom stereocenters. The van der Waals surface area contributed by atoms with Gasteiger partial charge < -0.3 is 28.4 Å². The summed E-state index contributed by atoms with van der Waals surface area (Å²) in [6, 6.07) is 3.35. The zero-order valence-electron chi connectivity index (χ0n) is 24.2. The predicted octanol–water partition coefficient (Wildman–Crippen LogP) is 1.10. The standard InChI is InChI=1S/C27H34N4O10/c1-14-9-20-21(10-15(14)2)31(27(37)24(29-20)26(36)28-13-30(7)8)11-22(39-17(4)33)25(41-19(6)35)23(40-18(5)34)12-38-16(3)32/h9-10,13,22-23,25H,11-12H2,1-8H3/t22-,23+,25-/m0/s1. The average Bonchev–Trinajstić information content (AvgIpc) is 2.85. The molecule has 2 rings (SSSR count). The van der Waals surface area contributed by atoms with Crippen molar-refractivity contribution >= 4 is 47.2 Å². The fourth-order valence-electron chi connectivity index (χ4n) is 3.84. The van der Waals surface area contributed by atoms with Crippen molar-refractivity contribution in [1.29, 1.82) is 0 Å². The Labute approximate surface area is 236 Å². The minimum Gasteiger partial charge on any atom is -0.462 e. The van der Waals surface area contributed by atoms with Crippen LogP contribution in [0.3, 0.4) is 0 Å². The number of benzene rings is 1. The van der Waals surface area contributed by atoms with E-state index in [1.165, 1.54) is 11.2 Å². The fraction of sp³-hybridized carbons (Fsp3) is 0.481. The highest BCUT2D eigenvalue weighted by Gasteiger charge is 2.39. The van der Waals surface area contributed by atoms with Gasteiger partial charge in [-0.2, -0.15) is 4.99 Å². The molecule has 0 aliphatic heterocycles. The average molecular weight is 575 g/mol. The number of hydrogen-bond donors (Lipinski definition) is 0. The number of carbonyl (C=O) groups excluding carboxylic acids is 5. The van der Waals surface area contributed by atoms with Crippen LogP contribution in [-0.2, 0) is 44.7 Å². The number of ether oxygens (including phenoxy) is 4. The van der Waals surface area contributed by atoms with Crippen LogP contribution in [0.2, 0.25) is 0 Å². The van der Waals surface area contributed by atoms with Gasteiger partial charge in [0, 0.05) is 41.8 Å². The SMILES string of the molecule is CC(=O)OC[C@@H](OC(C)=O)[C@@H](OC(C)=O)[C@H](Cn1c(=O)c(C(=O)N=CN(C)C)nc2cc(C)c(C)cc21)OC(C)=O. The number of aromatic nitrogens is 2. The third kappa shape index (κ3) is 9.22. The van der Waals surface area contributed by atoms with E-state index < -0.39 is 72.5 Å². The number of rotatable bonds is 11. The highest BCUT2D eigenvalue weighted by Crippen LogP contribution is 2.21. The number of amides is 1. The minimum atomic E-state index is -1.52. The lowest BCUT2D eigenvalue weighted by atomic mass is 10.1. The van der Waals surface area contributed by atoms with Crippen LogP contribution in [0.15, 0.2) is 21.9 Å². The van der Waals surface area contributed by atoms with Crippen LogP contribution in [0, 0.1) is 13.8 Å². The number of esters is 4. The van der Waals surface area contributed by atoms with Gasteiger partial charge in [0.15, 0.2) is 24.0 Å². The molecule has 0 unspecified atom stereocenters. The lowest BCUT2D eigenvalue weighted by Gasteiger charge is -2.32. The van der Waals surface area contributed by atoms with Gasteiger partial charge in [0.25, 0.3) is 5.56 Å². The van der Waals surface area contributed by atoms with Crippen molar-refractivity contribution < 1.29 is 42.9 Å². The molecular formula is C27H34N4O10. The number of fused-ring (bicyclic) bond motifs is 1. The Morgan fingerprint density at radius 1 is 0.902 bits per heavy atom. The zero-order valence-corrected chi connectivity index (χ0v) is 24.2. The van der Waals surface area contributed by atoms with Gasteiger partial charge >= 0.3 is 29.8 Å². The van der Waals surface area contributed by atoms with Gasteiger partial charge in [-0.25, -0.2) is 4.98 Å². The van der Waals surface area contributed by atoms with Crippen molar-refractivity contribution in [2.45, 2.75) is 66.4 Å². The lowest BCUT2D eigenvalue weighted by Crippen LogP contribution is -2.50. The molecule has 14 heteroatoms. The van der Waals surface area contributed by atoms with Gasteiger partial charge in [0.2, 0.25) is 0 Å². The van der Waals surface area contributed by atoms with E-state index in [4.69, 9.17) is 18.9 Å². The minimum absolute atomic E-state index is 0.276. The van der Waals surface area contributed by atoms with Gasteiger partial charge in [-0.3, -0.25) is 28.8 Å². The summed E-state index contributed by atoms with van der Waals surface area (Å²) in [5, 5.41) is 0. The van der Waals surface area contributed by atoms with Gasteiger partial charge in [0.1, 0.15) is 6.61 Å². The summed E-state index contributed by atoms with van der Waals surface area (Å²) in [5.41, 5.74) is 0.832. The van der Waals surface area contributed by atoms with E-state index in [9.17, 15) is 28.8 Å². The molecule has 0 saturated heterocycles. The van der Waals surface area contributed by atoms with Gasteiger partial charge in [-0.05, 0) is 37.1 Å². The van der Waals surface area contributed by atoms with Crippen LogP contribution in [0.4, 0.5) is 0 Å². The number of aryl methyl sites for hydroxylation is 2. The maximum Gasteiger partial charge on any atom is 0.303 e. The van der Waals surface area contributed by atoms with Gasteiger partial charge in [0.05, 0.1) is 23.9 Å². The third-order valence-electron chi connectivity index (χ3n) is 5.65. The molecule has 0 saturated carbocycles. The van der Waals surface area contributed by atoms with E-state index in [1.54, 1.807) is 26.2 Å². The normalized spacial score (nSPS) is 13.3. The number of carbonyl (C=O) groups is 5. The number of hydrogen-bond acceptors (Lipinski definition) is 11. The largest absolute Gasteiger partial charge is 0.462 e. The topological polar surface area (TPSA) is 173 Å². The molecule has 0 aliphatic rings. The van der Waals surface area contributed by atoms with Gasteiger partial charge in [-0.15, -0.1) is 0 Å². The Morgan fingerprint density at radius 2 is 1.46 bits per heavy atom. The molecule has 1 aromatic carbocycles. The quantitative estimate of drug-likeness (QED) is 0.162. The molecule has 0 aliphatic carbocycles. The number of aliphatic imine (C=N–C) groups is 1. The van der Waals surface area contributed by atoms with Gasteiger partial charge in [-0.1, -0.05) is 0 Å². The molecule has 0 radical (unpaired) electrons. The van der Waals surface area contributed by atoms with Crippen LogP contribution < -0.4 is 5.56 Å². The molecule has 41 heavy (non-hydrogen) atoms. The monoisotopic (exact) mass is 574 g/mol. The Morgan fingerprint density at radius 3 is 2.00 bits per heavy atom. The summed E-state index contributed by atoms with van der Waals surface area (Å²) in [6.07, 6.45) is -3.17. The third-order valence-corrected chi connectivity index (χ3v) is 5.65. The van der Waals surface area contributed by atoms with Crippen molar-refractivity contribution in [3.05, 3.63) is 39.3 Å². The van der Waals surface area contributed by atoms with E-state index >= 15 is 0 Å². The van der Waals surface area contributed by atoms with E-state index in [-0.39, 0.29) is 11.0 Å². The Bertz CT molecular complexity index is 1430. The highest BCUT2D eigenvalue weighted by molar-refractivity contribution is 5.98. The predicted molar refractivity (Wildman–Crippen MR) is 145 cm³/mol. The summed E-state index contributed by atoms with van der Waals surface area (Å²) in [5.74, 6) is -4.07. The van der Waals surface area contributed by atoms with E-state index in [0.29, 0.717) is 0 Å². The van der Waals surface area contributed by atoms with Crippen molar-refractivity contribution in [2.24, 2.45) is 4.99 Å². The molecule has 14 nitrogen and oxygen atoms in total. The van der Waals surface area contributed by atoms with Crippen molar-refractivity contribution in [3.63, 3.8) is 0 Å². The second-order valence-electron chi connectivity index (χ2n) is 9.49. The maximum absolute atomic E-state index is 13.7. The smallest absolute Gasteiger partial charge is 0.303 e. The highest BCUT2D eigenvalue weighted by atomic mass is 16.6. The van der Waals surface area contributed by atoms with Crippen LogP contribution in [0.25, 0.3) is 11.0 Å². The first-order valence-corrected chi connectivity index (χ1v) is 12.5. The molecule has 0 fully saturated rings. The molecule has 222 valence electrons. The second-order valence-corrected chi connectivity index (χ2v) is 9.49. The van der Waals surface area contributed by atoms with Crippen LogP contribution in [0.5, 0.6) is 0 Å². The maximum atomic E-state index is 13.7. The second kappa shape index (κ2) is 14.1. The van der Waals surface area contributed by atoms with Crippen molar-refractivity contribution in [2.75, 3.05) is 20.7 Å². The van der Waals surface area contributed by atoms with E-state index in [0.717, 1.165) is 43.4 Å². The summed E-state index contributed by atoms with van der Waals surface area (Å²) in [7, 11) is 3.28. The number of nitrogens with zero attached hydrogens (tertiary/aromatic N) is 4. The van der Waals surface area contributed by atoms with Crippen LogP contribution in [-0.4, -0.2) is 89.6 Å². The summed E-state index contributed by atoms with van der Waals surface area (Å²) in [6.45, 7) is 7.01. The molecule has 0 bridgehead atoms. The lowest BCUT2D eigenvalue weighted by molar-refractivity contribution is -0.190. The fourth-order valence-corrected chi connectivity index (χ4v) is 3.84. The summed E-state index contributed by atoms with van der Waals surface area (Å²) < 4.78 is 22.3. The molecule has 1 heterocycles. The Hall–Kier alpha value is -4.62. The Kier molecular flexibility index (Phi) is 11.2. The summed E-state index contributed by atoms with van der Waals surface area (Å²) in [4.78, 5) is 83.8. The molecule has 1 aromatic heterocycles. The Balaban J connectivity index is 2.81. The van der Waals surface area contributed by atoms with E-state index in [2.05, 4.69) is 9.98 Å².